The first-order valence-electron chi connectivity index (χ1n) is 11.1. The van der Waals surface area contributed by atoms with Crippen molar-refractivity contribution < 1.29 is 0 Å². The normalized spacial score (nSPS) is 15.7. The van der Waals surface area contributed by atoms with Crippen molar-refractivity contribution in [2.75, 3.05) is 26.2 Å². The van der Waals surface area contributed by atoms with E-state index in [-0.39, 0.29) is 0 Å². The third-order valence-corrected chi connectivity index (χ3v) is 6.40. The smallest absolute Gasteiger partial charge is 0.227 e. The molecule has 1 saturated heterocycles. The van der Waals surface area contributed by atoms with Crippen LogP contribution in [0.5, 0.6) is 0 Å². The van der Waals surface area contributed by atoms with Gasteiger partial charge in [0.2, 0.25) is 6.54 Å². The Bertz CT molecular complexity index is 1060. The van der Waals surface area contributed by atoms with Crippen molar-refractivity contribution in [3.63, 3.8) is 0 Å². The number of hydrogen-bond acceptors (Lipinski definition) is 2. The molecule has 1 N–H and O–H groups in total. The lowest BCUT2D eigenvalue weighted by molar-refractivity contribution is 0.221. The van der Waals surface area contributed by atoms with Gasteiger partial charge >= 0.3 is 0 Å². The van der Waals surface area contributed by atoms with Gasteiger partial charge in [-0.1, -0.05) is 19.9 Å². The molecule has 2 aromatic heterocycles. The lowest BCUT2D eigenvalue weighted by Gasteiger charge is -2.31. The number of likely N-dealkylation sites (tertiary alicyclic amines) is 1. The molecule has 4 heteroatoms. The van der Waals surface area contributed by atoms with Gasteiger partial charge in [-0.3, -0.25) is 9.88 Å². The number of nitrogens with zero attached hydrogens (tertiary/aromatic N) is 3. The fourth-order valence-electron chi connectivity index (χ4n) is 4.97. The monoisotopic (exact) mass is 400 g/mol. The molecular weight excluding hydrogens is 368 g/mol. The Morgan fingerprint density at radius 3 is 2.47 bits per heavy atom. The molecule has 0 radical (unpaired) electrons. The summed E-state index contributed by atoms with van der Waals surface area (Å²) in [6.07, 6.45) is 2.36. The Morgan fingerprint density at radius 1 is 1.13 bits per heavy atom. The molecular formula is C26H32N4. The van der Waals surface area contributed by atoms with Crippen LogP contribution in [0.15, 0.2) is 30.3 Å². The Balaban J connectivity index is 1.68. The maximum Gasteiger partial charge on any atom is 0.227 e. The van der Waals surface area contributed by atoms with Crippen molar-refractivity contribution in [3.8, 4) is 11.3 Å². The minimum Gasteiger partial charge on any atom is -0.354 e. The van der Waals surface area contributed by atoms with Crippen LogP contribution in [0.4, 0.5) is 0 Å². The van der Waals surface area contributed by atoms with Gasteiger partial charge in [-0.15, -0.1) is 0 Å². The summed E-state index contributed by atoms with van der Waals surface area (Å²) in [6.45, 7) is 19.4. The van der Waals surface area contributed by atoms with E-state index in [2.05, 4.69) is 77.7 Å². The van der Waals surface area contributed by atoms with Gasteiger partial charge < -0.3 is 9.83 Å². The Hall–Kier alpha value is -2.64. The van der Waals surface area contributed by atoms with E-state index in [1.54, 1.807) is 0 Å². The number of hydrogen-bond donors (Lipinski definition) is 1. The molecule has 0 unspecified atom stereocenters. The number of nitrogens with one attached hydrogen (secondary N) is 1. The van der Waals surface area contributed by atoms with E-state index in [1.807, 2.05) is 0 Å². The van der Waals surface area contributed by atoms with Crippen molar-refractivity contribution in [1.82, 2.24) is 14.9 Å². The van der Waals surface area contributed by atoms with E-state index in [0.717, 1.165) is 31.0 Å². The third kappa shape index (κ3) is 4.13. The number of aromatic nitrogens is 2. The molecule has 0 atom stereocenters. The Morgan fingerprint density at radius 2 is 1.83 bits per heavy atom. The summed E-state index contributed by atoms with van der Waals surface area (Å²) < 4.78 is 0. The number of aromatic amines is 1. The van der Waals surface area contributed by atoms with Gasteiger partial charge in [-0.25, -0.2) is 6.57 Å². The summed E-state index contributed by atoms with van der Waals surface area (Å²) in [6, 6.07) is 11.4. The van der Waals surface area contributed by atoms with Crippen LogP contribution in [-0.4, -0.2) is 41.0 Å². The number of benzene rings is 1. The highest BCUT2D eigenvalue weighted by Gasteiger charge is 2.23. The van der Waals surface area contributed by atoms with E-state index in [0.29, 0.717) is 18.4 Å². The molecule has 1 fully saturated rings. The molecule has 0 saturated carbocycles. The van der Waals surface area contributed by atoms with Crippen molar-refractivity contribution >= 4 is 10.9 Å². The molecule has 4 rings (SSSR count). The van der Waals surface area contributed by atoms with E-state index in [4.69, 9.17) is 6.57 Å². The van der Waals surface area contributed by atoms with Crippen molar-refractivity contribution in [2.45, 2.75) is 52.4 Å². The van der Waals surface area contributed by atoms with Gasteiger partial charge in [0, 0.05) is 27.9 Å². The second-order valence-electron chi connectivity index (χ2n) is 9.01. The average molecular weight is 401 g/mol. The van der Waals surface area contributed by atoms with Gasteiger partial charge in [0.25, 0.3) is 0 Å². The number of aryl methyl sites for hydroxylation is 2. The Kier molecular flexibility index (Phi) is 5.92. The van der Waals surface area contributed by atoms with Crippen LogP contribution in [0, 0.1) is 20.4 Å². The van der Waals surface area contributed by atoms with E-state index < -0.39 is 0 Å². The fraction of sp³-hybridized carbons (Fsp3) is 0.462. The highest BCUT2D eigenvalue weighted by molar-refractivity contribution is 5.92. The largest absolute Gasteiger partial charge is 0.354 e. The summed E-state index contributed by atoms with van der Waals surface area (Å²) in [4.78, 5) is 14.2. The third-order valence-electron chi connectivity index (χ3n) is 6.40. The molecule has 3 heterocycles. The number of fused-ring (bicyclic) bond motifs is 1. The zero-order valence-electron chi connectivity index (χ0n) is 18.6. The summed E-state index contributed by atoms with van der Waals surface area (Å²) >= 11 is 0. The molecule has 156 valence electrons. The maximum atomic E-state index is 7.01. The molecule has 0 spiro atoms. The highest BCUT2D eigenvalue weighted by atomic mass is 15.1. The maximum absolute atomic E-state index is 7.01. The van der Waals surface area contributed by atoms with E-state index in [9.17, 15) is 0 Å². The van der Waals surface area contributed by atoms with Crippen LogP contribution >= 0.6 is 0 Å². The minimum absolute atomic E-state index is 0.438. The molecule has 3 aromatic rings. The molecule has 30 heavy (non-hydrogen) atoms. The summed E-state index contributed by atoms with van der Waals surface area (Å²) in [5, 5.41) is 1.36. The molecule has 4 nitrogen and oxygen atoms in total. The van der Waals surface area contributed by atoms with Crippen LogP contribution in [-0.2, 0) is 0 Å². The summed E-state index contributed by atoms with van der Waals surface area (Å²) in [5.41, 5.74) is 8.68. The second kappa shape index (κ2) is 8.62. The van der Waals surface area contributed by atoms with Crippen LogP contribution in [0.2, 0.25) is 0 Å². The van der Waals surface area contributed by atoms with E-state index in [1.165, 1.54) is 46.1 Å². The molecule has 0 bridgehead atoms. The minimum atomic E-state index is 0.438. The first-order chi connectivity index (χ1) is 14.5. The van der Waals surface area contributed by atoms with Crippen LogP contribution < -0.4 is 0 Å². The van der Waals surface area contributed by atoms with Crippen molar-refractivity contribution in [2.24, 2.45) is 0 Å². The number of H-pyrrole nitrogens is 1. The van der Waals surface area contributed by atoms with Gasteiger partial charge in [-0.2, -0.15) is 0 Å². The average Bonchev–Trinajstić information content (AvgIpc) is 3.11. The van der Waals surface area contributed by atoms with Crippen molar-refractivity contribution in [1.29, 1.82) is 0 Å². The zero-order chi connectivity index (χ0) is 21.3. The topological polar surface area (TPSA) is 36.3 Å². The molecule has 0 amide bonds. The standard InChI is InChI=1S/C26H32N4/c1-17(2)25-23-16-21(20-8-11-30(12-9-20)13-10-27-5)6-7-24(23)29-26(25)22-14-18(3)28-19(4)15-22/h6-7,14-17,20,29H,8-13H2,1-4H3. The van der Waals surface area contributed by atoms with Gasteiger partial charge in [0.15, 0.2) is 0 Å². The predicted octanol–water partition coefficient (Wildman–Crippen LogP) is 6.07. The predicted molar refractivity (Wildman–Crippen MR) is 125 cm³/mol. The first kappa shape index (κ1) is 20.6. The summed E-state index contributed by atoms with van der Waals surface area (Å²) in [7, 11) is 0. The SMILES string of the molecule is [C-]#[N+]CCN1CCC(c2ccc3[nH]c(-c4cc(C)nc(C)c4)c(C(C)C)c3c2)CC1. The van der Waals surface area contributed by atoms with E-state index >= 15 is 0 Å². The highest BCUT2D eigenvalue weighted by Crippen LogP contribution is 2.38. The lowest BCUT2D eigenvalue weighted by Crippen LogP contribution is -2.34. The molecule has 0 aliphatic carbocycles. The quantitative estimate of drug-likeness (QED) is 0.528. The first-order valence-corrected chi connectivity index (χ1v) is 11.1. The van der Waals surface area contributed by atoms with Gasteiger partial charge in [0.1, 0.15) is 0 Å². The summed E-state index contributed by atoms with van der Waals surface area (Å²) in [5.74, 6) is 1.05. The van der Waals surface area contributed by atoms with Crippen molar-refractivity contribution in [3.05, 3.63) is 64.3 Å². The Labute approximate surface area is 180 Å². The number of piperidine rings is 1. The second-order valence-corrected chi connectivity index (χ2v) is 9.01. The van der Waals surface area contributed by atoms with Crippen LogP contribution in [0.1, 0.15) is 61.0 Å². The number of rotatable bonds is 5. The number of pyridine rings is 1. The molecule has 1 aliphatic heterocycles. The van der Waals surface area contributed by atoms with Gasteiger partial charge in [0.05, 0.1) is 12.2 Å². The molecule has 1 aliphatic rings. The lowest BCUT2D eigenvalue weighted by atomic mass is 9.87. The van der Waals surface area contributed by atoms with Gasteiger partial charge in [-0.05, 0) is 87.0 Å². The molecule has 1 aromatic carbocycles. The van der Waals surface area contributed by atoms with Crippen LogP contribution in [0.25, 0.3) is 27.0 Å². The van der Waals surface area contributed by atoms with Crippen LogP contribution in [0.3, 0.4) is 0 Å². The zero-order valence-corrected chi connectivity index (χ0v) is 18.6. The fourth-order valence-corrected chi connectivity index (χ4v) is 4.97.